The van der Waals surface area contributed by atoms with Gasteiger partial charge in [-0.1, -0.05) is 24.3 Å². The van der Waals surface area contributed by atoms with Crippen molar-refractivity contribution in [1.29, 1.82) is 0 Å². The zero-order valence-corrected chi connectivity index (χ0v) is 11.3. The Labute approximate surface area is 111 Å². The summed E-state index contributed by atoms with van der Waals surface area (Å²) in [6.45, 7) is 0. The summed E-state index contributed by atoms with van der Waals surface area (Å²) >= 11 is 3.45. The van der Waals surface area contributed by atoms with Gasteiger partial charge in [-0.2, -0.15) is 0 Å². The lowest BCUT2D eigenvalue weighted by molar-refractivity contribution is 0.468. The molecule has 0 bridgehead atoms. The maximum atomic E-state index is 5.79. The number of para-hydroxylation sites is 2. The quantitative estimate of drug-likeness (QED) is 0.741. The highest BCUT2D eigenvalue weighted by Gasteiger charge is 2.08. The highest BCUT2D eigenvalue weighted by Crippen LogP contribution is 2.39. The molecule has 0 saturated heterocycles. The molecular weight excluding hydrogens is 308 g/mol. The molecule has 2 aromatic rings. The fraction of sp³-hybridized carbons (Fsp3) is 0. The molecule has 82 valence electrons. The molecule has 0 fully saturated rings. The Hall–Kier alpha value is -0.640. The predicted molar refractivity (Wildman–Crippen MR) is 72.4 cm³/mol. The first kappa shape index (κ1) is 11.8. The molecule has 0 aliphatic carbocycles. The summed E-state index contributed by atoms with van der Waals surface area (Å²) < 4.78 is 6.67. The third-order valence-corrected chi connectivity index (χ3v) is 3.59. The van der Waals surface area contributed by atoms with Crippen LogP contribution in [0.3, 0.4) is 0 Å². The van der Waals surface area contributed by atoms with Crippen LogP contribution in [0.2, 0.25) is 0 Å². The first-order valence-electron chi connectivity index (χ1n) is 4.61. The van der Waals surface area contributed by atoms with Crippen molar-refractivity contribution in [2.45, 2.75) is 4.90 Å². The monoisotopic (exact) mass is 314 g/mol. The second kappa shape index (κ2) is 5.62. The van der Waals surface area contributed by atoms with Gasteiger partial charge in [0, 0.05) is 0 Å². The van der Waals surface area contributed by atoms with Gasteiger partial charge in [0.2, 0.25) is 0 Å². The normalized spacial score (nSPS) is 10.1. The van der Waals surface area contributed by atoms with Gasteiger partial charge >= 0.3 is 0 Å². The first-order valence-corrected chi connectivity index (χ1v) is 7.05. The van der Waals surface area contributed by atoms with Crippen LogP contribution < -0.4 is 4.74 Å². The van der Waals surface area contributed by atoms with E-state index in [1.54, 1.807) is 0 Å². The van der Waals surface area contributed by atoms with E-state index in [4.69, 9.17) is 15.4 Å². The van der Waals surface area contributed by atoms with Gasteiger partial charge in [0.05, 0.1) is 9.37 Å². The molecule has 0 atom stereocenters. The largest absolute Gasteiger partial charge is 0.455 e. The van der Waals surface area contributed by atoms with E-state index in [1.807, 2.05) is 48.5 Å². The molecule has 0 unspecified atom stereocenters. The molecule has 16 heavy (non-hydrogen) atoms. The zero-order chi connectivity index (χ0) is 11.4. The van der Waals surface area contributed by atoms with Crippen LogP contribution in [-0.4, -0.2) is 0 Å². The molecule has 1 nitrogen and oxygen atoms in total. The number of benzene rings is 2. The summed E-state index contributed by atoms with van der Waals surface area (Å²) in [5.74, 6) is 1.54. The van der Waals surface area contributed by atoms with E-state index in [0.717, 1.165) is 31.8 Å². The summed E-state index contributed by atoms with van der Waals surface area (Å²) in [5, 5.41) is 0. The minimum absolute atomic E-state index is 0.744. The minimum Gasteiger partial charge on any atom is -0.455 e. The number of rotatable bonds is 3. The molecule has 4 heteroatoms. The third kappa shape index (κ3) is 2.73. The summed E-state index contributed by atoms with van der Waals surface area (Å²) in [7, 11) is 6.93. The number of ether oxygens (including phenoxy) is 1. The molecule has 0 N–H and O–H groups in total. The SMILES string of the molecule is ClSc1cccc(Br)c1Oc1ccccc1. The minimum atomic E-state index is 0.744. The summed E-state index contributed by atoms with van der Waals surface area (Å²) in [5.41, 5.74) is 0. The van der Waals surface area contributed by atoms with Crippen molar-refractivity contribution < 1.29 is 4.74 Å². The third-order valence-electron chi connectivity index (χ3n) is 1.98. The maximum Gasteiger partial charge on any atom is 0.156 e. The van der Waals surface area contributed by atoms with Gasteiger partial charge < -0.3 is 4.74 Å². The van der Waals surface area contributed by atoms with Crippen molar-refractivity contribution >= 4 is 37.6 Å². The molecule has 2 aromatic carbocycles. The average molecular weight is 316 g/mol. The Morgan fingerprint density at radius 2 is 1.75 bits per heavy atom. The fourth-order valence-corrected chi connectivity index (χ4v) is 2.55. The van der Waals surface area contributed by atoms with Crippen LogP contribution >= 0.6 is 37.6 Å². The lowest BCUT2D eigenvalue weighted by Crippen LogP contribution is -1.87. The molecule has 0 aromatic heterocycles. The van der Waals surface area contributed by atoms with Crippen LogP contribution in [0, 0.1) is 0 Å². The van der Waals surface area contributed by atoms with E-state index in [-0.39, 0.29) is 0 Å². The van der Waals surface area contributed by atoms with Crippen molar-refractivity contribution in [2.24, 2.45) is 0 Å². The Bertz CT molecular complexity index is 476. The molecule has 0 heterocycles. The van der Waals surface area contributed by atoms with Crippen LogP contribution in [0.5, 0.6) is 11.5 Å². The van der Waals surface area contributed by atoms with Gasteiger partial charge in [0.25, 0.3) is 0 Å². The number of hydrogen-bond acceptors (Lipinski definition) is 2. The molecule has 0 amide bonds. The van der Waals surface area contributed by atoms with Crippen LogP contribution in [-0.2, 0) is 0 Å². The highest BCUT2D eigenvalue weighted by atomic mass is 79.9. The summed E-state index contributed by atoms with van der Waals surface area (Å²) in [4.78, 5) is 0.889. The molecule has 0 saturated carbocycles. The van der Waals surface area contributed by atoms with Gasteiger partial charge in [-0.15, -0.1) is 0 Å². The van der Waals surface area contributed by atoms with Crippen molar-refractivity contribution in [2.75, 3.05) is 0 Å². The lowest BCUT2D eigenvalue weighted by Gasteiger charge is -2.10. The first-order chi connectivity index (χ1) is 7.81. The van der Waals surface area contributed by atoms with Crippen LogP contribution in [0.25, 0.3) is 0 Å². The second-order valence-corrected chi connectivity index (χ2v) is 4.97. The number of halogens is 2. The average Bonchev–Trinajstić information content (AvgIpc) is 2.33. The van der Waals surface area contributed by atoms with Crippen molar-refractivity contribution in [3.05, 3.63) is 53.0 Å². The van der Waals surface area contributed by atoms with Gasteiger partial charge in [-0.3, -0.25) is 0 Å². The van der Waals surface area contributed by atoms with E-state index >= 15 is 0 Å². The topological polar surface area (TPSA) is 9.23 Å². The Balaban J connectivity index is 2.34. The molecule has 0 spiro atoms. The lowest BCUT2D eigenvalue weighted by atomic mass is 10.3. The number of hydrogen-bond donors (Lipinski definition) is 0. The Morgan fingerprint density at radius 3 is 2.44 bits per heavy atom. The zero-order valence-electron chi connectivity index (χ0n) is 8.19. The van der Waals surface area contributed by atoms with E-state index in [1.165, 1.54) is 0 Å². The van der Waals surface area contributed by atoms with Crippen LogP contribution in [0.1, 0.15) is 0 Å². The molecule has 0 radical (unpaired) electrons. The molecular formula is C12H8BrClOS. The van der Waals surface area contributed by atoms with E-state index in [0.29, 0.717) is 0 Å². The second-order valence-electron chi connectivity index (χ2n) is 3.06. The highest BCUT2D eigenvalue weighted by molar-refractivity contribution is 9.10. The van der Waals surface area contributed by atoms with E-state index in [9.17, 15) is 0 Å². The van der Waals surface area contributed by atoms with Gasteiger partial charge in [0.15, 0.2) is 5.75 Å². The van der Waals surface area contributed by atoms with Crippen molar-refractivity contribution in [3.8, 4) is 11.5 Å². The van der Waals surface area contributed by atoms with Crippen molar-refractivity contribution in [3.63, 3.8) is 0 Å². The summed E-state index contributed by atoms with van der Waals surface area (Å²) in [6.07, 6.45) is 0. The summed E-state index contributed by atoms with van der Waals surface area (Å²) in [6, 6.07) is 15.4. The van der Waals surface area contributed by atoms with Gasteiger partial charge in [-0.25, -0.2) is 0 Å². The van der Waals surface area contributed by atoms with Gasteiger partial charge in [0.1, 0.15) is 5.75 Å². The smallest absolute Gasteiger partial charge is 0.156 e. The van der Waals surface area contributed by atoms with Crippen LogP contribution in [0.4, 0.5) is 0 Å². The molecule has 0 aliphatic heterocycles. The van der Waals surface area contributed by atoms with E-state index in [2.05, 4.69) is 15.9 Å². The van der Waals surface area contributed by atoms with Gasteiger partial charge in [-0.05, 0) is 61.9 Å². The Morgan fingerprint density at radius 1 is 1.00 bits per heavy atom. The predicted octanol–water partition coefficient (Wildman–Crippen LogP) is 5.49. The Kier molecular flexibility index (Phi) is 4.16. The fourth-order valence-electron chi connectivity index (χ4n) is 1.26. The standard InChI is InChI=1S/C12H8BrClOS/c13-10-7-4-8-11(16-14)12(10)15-9-5-2-1-3-6-9/h1-8H. The van der Waals surface area contributed by atoms with E-state index < -0.39 is 0 Å². The van der Waals surface area contributed by atoms with Crippen molar-refractivity contribution in [1.82, 2.24) is 0 Å². The van der Waals surface area contributed by atoms with Crippen LogP contribution in [0.15, 0.2) is 57.9 Å². The molecule has 2 rings (SSSR count). The molecule has 0 aliphatic rings. The maximum absolute atomic E-state index is 5.79.